The molecule has 0 radical (unpaired) electrons. The molecule has 0 aromatic rings. The first-order valence-electron chi connectivity index (χ1n) is 12.9. The third-order valence-electron chi connectivity index (χ3n) is 6.73. The number of unbranched alkanes of at least 4 members (excludes halogenated alkanes) is 1. The SMILES string of the molecule is C/C(=N\O)C(C)(C)NCC(CNC(C)(C)/C(C)=N/O)NC(=O)CCCC(=O)NCCCC[C@H](C)C(N)=O. The van der Waals surface area contributed by atoms with Crippen molar-refractivity contribution in [3.05, 3.63) is 0 Å². The summed E-state index contributed by atoms with van der Waals surface area (Å²) in [6.45, 7) is 14.0. The fourth-order valence-corrected chi connectivity index (χ4v) is 3.18. The van der Waals surface area contributed by atoms with Gasteiger partial charge in [0, 0.05) is 38.4 Å². The van der Waals surface area contributed by atoms with Gasteiger partial charge in [-0.1, -0.05) is 23.7 Å². The average molecular weight is 528 g/mol. The van der Waals surface area contributed by atoms with E-state index in [1.54, 1.807) is 20.8 Å². The normalized spacial score (nSPS) is 14.7. The summed E-state index contributed by atoms with van der Waals surface area (Å²) in [6.07, 6.45) is 3.11. The number of primary amides is 1. The Morgan fingerprint density at radius 2 is 1.32 bits per heavy atom. The van der Waals surface area contributed by atoms with Crippen molar-refractivity contribution in [3.8, 4) is 0 Å². The number of carbonyl (C=O) groups excluding carboxylic acids is 3. The van der Waals surface area contributed by atoms with Crippen molar-refractivity contribution < 1.29 is 24.8 Å². The maximum atomic E-state index is 12.6. The van der Waals surface area contributed by atoms with E-state index in [4.69, 9.17) is 16.1 Å². The molecule has 3 amide bonds. The second-order valence-corrected chi connectivity index (χ2v) is 10.6. The molecule has 214 valence electrons. The number of rotatable bonds is 19. The molecule has 0 aliphatic rings. The minimum atomic E-state index is -0.592. The van der Waals surface area contributed by atoms with Gasteiger partial charge in [0.2, 0.25) is 17.7 Å². The summed E-state index contributed by atoms with van der Waals surface area (Å²) in [7, 11) is 0. The molecule has 0 heterocycles. The van der Waals surface area contributed by atoms with Crippen LogP contribution in [-0.2, 0) is 14.4 Å². The molecule has 0 unspecified atom stereocenters. The minimum absolute atomic E-state index is 0.114. The van der Waals surface area contributed by atoms with E-state index in [2.05, 4.69) is 31.6 Å². The number of hydrogen-bond acceptors (Lipinski definition) is 9. The zero-order valence-corrected chi connectivity index (χ0v) is 23.6. The number of nitrogens with two attached hydrogens (primary N) is 1. The van der Waals surface area contributed by atoms with Gasteiger partial charge in [0.1, 0.15) is 0 Å². The summed E-state index contributed by atoms with van der Waals surface area (Å²) >= 11 is 0. The van der Waals surface area contributed by atoms with E-state index in [1.807, 2.05) is 27.7 Å². The maximum absolute atomic E-state index is 12.6. The number of nitrogens with one attached hydrogen (secondary N) is 4. The summed E-state index contributed by atoms with van der Waals surface area (Å²) in [5.41, 5.74) is 5.06. The first kappa shape index (κ1) is 34.3. The molecule has 37 heavy (non-hydrogen) atoms. The summed E-state index contributed by atoms with van der Waals surface area (Å²) in [5.74, 6) is -0.778. The van der Waals surface area contributed by atoms with Crippen molar-refractivity contribution in [1.29, 1.82) is 0 Å². The summed E-state index contributed by atoms with van der Waals surface area (Å²) in [6, 6.07) is -0.319. The number of nitrogens with zero attached hydrogens (tertiary/aromatic N) is 2. The molecule has 0 bridgehead atoms. The molecule has 0 rings (SSSR count). The van der Waals surface area contributed by atoms with Gasteiger partial charge in [0.25, 0.3) is 0 Å². The van der Waals surface area contributed by atoms with E-state index in [0.29, 0.717) is 43.9 Å². The van der Waals surface area contributed by atoms with Gasteiger partial charge in [-0.3, -0.25) is 14.4 Å². The molecular formula is C25H49N7O5. The van der Waals surface area contributed by atoms with Crippen molar-refractivity contribution in [2.75, 3.05) is 19.6 Å². The van der Waals surface area contributed by atoms with E-state index in [-0.39, 0.29) is 42.5 Å². The molecule has 12 heteroatoms. The maximum Gasteiger partial charge on any atom is 0.220 e. The highest BCUT2D eigenvalue weighted by atomic mass is 16.4. The number of oxime groups is 2. The van der Waals surface area contributed by atoms with Gasteiger partial charge in [0.05, 0.1) is 28.5 Å². The predicted octanol–water partition coefficient (Wildman–Crippen LogP) is 1.49. The van der Waals surface area contributed by atoms with Gasteiger partial charge >= 0.3 is 0 Å². The van der Waals surface area contributed by atoms with E-state index in [9.17, 15) is 14.4 Å². The molecule has 0 spiro atoms. The topological polar surface area (TPSA) is 191 Å². The van der Waals surface area contributed by atoms with Crippen molar-refractivity contribution in [3.63, 3.8) is 0 Å². The van der Waals surface area contributed by atoms with E-state index in [0.717, 1.165) is 12.8 Å². The highest BCUT2D eigenvalue weighted by molar-refractivity contribution is 5.90. The van der Waals surface area contributed by atoms with Crippen LogP contribution < -0.4 is 27.0 Å². The molecule has 0 aromatic carbocycles. The highest BCUT2D eigenvalue weighted by Crippen LogP contribution is 2.08. The van der Waals surface area contributed by atoms with Gasteiger partial charge in [0.15, 0.2) is 0 Å². The Balaban J connectivity index is 4.69. The molecule has 0 saturated heterocycles. The van der Waals surface area contributed by atoms with Crippen LogP contribution in [0.5, 0.6) is 0 Å². The van der Waals surface area contributed by atoms with E-state index < -0.39 is 11.1 Å². The summed E-state index contributed by atoms with van der Waals surface area (Å²) in [5, 5.41) is 37.2. The van der Waals surface area contributed by atoms with E-state index in [1.165, 1.54) is 0 Å². The average Bonchev–Trinajstić information content (AvgIpc) is 2.83. The predicted molar refractivity (Wildman–Crippen MR) is 145 cm³/mol. The Morgan fingerprint density at radius 3 is 1.78 bits per heavy atom. The third-order valence-corrected chi connectivity index (χ3v) is 6.73. The molecular weight excluding hydrogens is 478 g/mol. The third kappa shape index (κ3) is 14.6. The lowest BCUT2D eigenvalue weighted by molar-refractivity contribution is -0.123. The standard InChI is InChI=1S/C25H49N7O5/c1-17(23(26)35)11-8-9-14-27-21(33)12-10-13-22(34)30-20(15-28-24(4,5)18(2)31-36)16-29-25(6,7)19(3)32-37/h17,20,28-29,36-37H,8-16H2,1-7H3,(H2,26,35)(H,27,33)(H,30,34)/b31-18+,32-19+/t17-/m0/s1. The zero-order chi connectivity index (χ0) is 28.6. The van der Waals surface area contributed by atoms with Gasteiger partial charge in [-0.05, 0) is 60.8 Å². The molecule has 8 N–H and O–H groups in total. The lowest BCUT2D eigenvalue weighted by atomic mass is 9.98. The number of amides is 3. The van der Waals surface area contributed by atoms with Crippen LogP contribution in [0.15, 0.2) is 10.3 Å². The Hall–Kier alpha value is -2.73. The molecule has 0 aliphatic carbocycles. The van der Waals surface area contributed by atoms with Gasteiger partial charge in [-0.2, -0.15) is 0 Å². The molecule has 12 nitrogen and oxygen atoms in total. The fraction of sp³-hybridized carbons (Fsp3) is 0.800. The van der Waals surface area contributed by atoms with Crippen molar-refractivity contribution in [1.82, 2.24) is 21.3 Å². The van der Waals surface area contributed by atoms with Gasteiger partial charge < -0.3 is 37.4 Å². The zero-order valence-electron chi connectivity index (χ0n) is 23.6. The van der Waals surface area contributed by atoms with Crippen LogP contribution in [0.4, 0.5) is 0 Å². The molecule has 0 saturated carbocycles. The lowest BCUT2D eigenvalue weighted by Gasteiger charge is -2.32. The Labute approximate surface area is 221 Å². The molecule has 1 atom stereocenters. The molecule has 0 aliphatic heterocycles. The van der Waals surface area contributed by atoms with Crippen LogP contribution in [0.1, 0.15) is 87.0 Å². The van der Waals surface area contributed by atoms with Gasteiger partial charge in [-0.15, -0.1) is 0 Å². The monoisotopic (exact) mass is 527 g/mol. The second-order valence-electron chi connectivity index (χ2n) is 10.6. The summed E-state index contributed by atoms with van der Waals surface area (Å²) < 4.78 is 0. The first-order valence-corrected chi connectivity index (χ1v) is 12.9. The van der Waals surface area contributed by atoms with Crippen LogP contribution in [0.2, 0.25) is 0 Å². The highest BCUT2D eigenvalue weighted by Gasteiger charge is 2.26. The van der Waals surface area contributed by atoms with Crippen LogP contribution in [0.3, 0.4) is 0 Å². The summed E-state index contributed by atoms with van der Waals surface area (Å²) in [4.78, 5) is 35.7. The van der Waals surface area contributed by atoms with Crippen LogP contribution in [-0.4, -0.2) is 76.3 Å². The van der Waals surface area contributed by atoms with Crippen LogP contribution in [0.25, 0.3) is 0 Å². The minimum Gasteiger partial charge on any atom is -0.411 e. The fourth-order valence-electron chi connectivity index (χ4n) is 3.18. The smallest absolute Gasteiger partial charge is 0.220 e. The van der Waals surface area contributed by atoms with Crippen molar-refractivity contribution in [2.24, 2.45) is 22.0 Å². The molecule has 0 aromatic heterocycles. The number of carbonyl (C=O) groups is 3. The van der Waals surface area contributed by atoms with Gasteiger partial charge in [-0.25, -0.2) is 0 Å². The largest absolute Gasteiger partial charge is 0.411 e. The quantitative estimate of drug-likeness (QED) is 0.0572. The van der Waals surface area contributed by atoms with Crippen LogP contribution in [0, 0.1) is 5.92 Å². The Morgan fingerprint density at radius 1 is 0.838 bits per heavy atom. The molecule has 0 fully saturated rings. The van der Waals surface area contributed by atoms with Crippen molar-refractivity contribution >= 4 is 29.1 Å². The van der Waals surface area contributed by atoms with Crippen LogP contribution >= 0.6 is 0 Å². The first-order chi connectivity index (χ1) is 17.2. The number of hydrogen-bond donors (Lipinski definition) is 7. The lowest BCUT2D eigenvalue weighted by Crippen LogP contribution is -2.57. The second kappa shape index (κ2) is 16.9. The van der Waals surface area contributed by atoms with E-state index >= 15 is 0 Å². The Bertz CT molecular complexity index is 762. The Kier molecular flexibility index (Phi) is 15.7. The van der Waals surface area contributed by atoms with Crippen molar-refractivity contribution in [2.45, 2.75) is 104 Å².